The van der Waals surface area contributed by atoms with Crippen LogP contribution in [0.15, 0.2) is 0 Å². The van der Waals surface area contributed by atoms with E-state index >= 15 is 0 Å². The Morgan fingerprint density at radius 1 is 0.897 bits per heavy atom. The van der Waals surface area contributed by atoms with E-state index in [-0.39, 0.29) is 36.3 Å². The number of nitrogens with zero attached hydrogens (tertiary/aromatic N) is 2. The van der Waals surface area contributed by atoms with Crippen molar-refractivity contribution in [2.75, 3.05) is 33.3 Å². The molecular weight excluding hydrogens is 500 g/mol. The Morgan fingerprint density at radius 3 is 1.87 bits per heavy atom. The summed E-state index contributed by atoms with van der Waals surface area (Å²) in [5.74, 6) is -0.0870. The highest BCUT2D eigenvalue weighted by atomic mass is 16.7. The van der Waals surface area contributed by atoms with Crippen LogP contribution in [-0.2, 0) is 28.8 Å². The van der Waals surface area contributed by atoms with Crippen LogP contribution in [0.2, 0.25) is 0 Å². The van der Waals surface area contributed by atoms with Gasteiger partial charge in [-0.15, -0.1) is 0 Å². The Hall–Kier alpha value is -2.17. The molecule has 0 aromatic heterocycles. The third kappa shape index (κ3) is 20.4. The Bertz CT molecular complexity index is 648. The molecule has 2 heterocycles. The smallest absolute Gasteiger partial charge is 0.253 e. The van der Waals surface area contributed by atoms with E-state index in [2.05, 4.69) is 48.1 Å². The highest BCUT2D eigenvalue weighted by molar-refractivity contribution is 6.00. The predicted molar refractivity (Wildman–Crippen MR) is 155 cm³/mol. The van der Waals surface area contributed by atoms with Crippen molar-refractivity contribution in [2.45, 2.75) is 124 Å². The van der Waals surface area contributed by atoms with Gasteiger partial charge in [-0.2, -0.15) is 5.06 Å². The van der Waals surface area contributed by atoms with E-state index < -0.39 is 0 Å². The number of imide groups is 1. The number of hydroxylamine groups is 2. The Labute approximate surface area is 236 Å². The highest BCUT2D eigenvalue weighted by Gasteiger charge is 2.29. The van der Waals surface area contributed by atoms with E-state index in [9.17, 15) is 19.2 Å². The molecule has 2 rings (SSSR count). The lowest BCUT2D eigenvalue weighted by atomic mass is 10.1. The summed E-state index contributed by atoms with van der Waals surface area (Å²) in [6.07, 6.45) is 13.1. The molecule has 0 aromatic carbocycles. The number of hydrogen-bond acceptors (Lipinski definition) is 8. The molecule has 2 saturated heterocycles. The Balaban J connectivity index is 0. The van der Waals surface area contributed by atoms with Gasteiger partial charge in [0.15, 0.2) is 0 Å². The number of amides is 3. The largest absolute Gasteiger partial charge is 0.355 e. The average molecular weight is 557 g/mol. The van der Waals surface area contributed by atoms with Crippen molar-refractivity contribution in [3.63, 3.8) is 0 Å². The molecule has 0 saturated carbocycles. The summed E-state index contributed by atoms with van der Waals surface area (Å²) in [4.78, 5) is 58.3. The van der Waals surface area contributed by atoms with Crippen LogP contribution in [-0.4, -0.2) is 85.6 Å². The van der Waals surface area contributed by atoms with E-state index in [1.54, 1.807) is 6.92 Å². The predicted octanol–water partition coefficient (Wildman–Crippen LogP) is 3.81. The van der Waals surface area contributed by atoms with Crippen LogP contribution < -0.4 is 10.6 Å². The lowest BCUT2D eigenvalue weighted by Crippen LogP contribution is -2.45. The first-order chi connectivity index (χ1) is 18.7. The van der Waals surface area contributed by atoms with Gasteiger partial charge in [0.25, 0.3) is 11.8 Å². The van der Waals surface area contributed by atoms with Gasteiger partial charge in [-0.3, -0.25) is 28.9 Å². The Morgan fingerprint density at radius 2 is 1.44 bits per heavy atom. The monoisotopic (exact) mass is 556 g/mol. The molecule has 0 bridgehead atoms. The van der Waals surface area contributed by atoms with Gasteiger partial charge >= 0.3 is 0 Å². The molecule has 2 fully saturated rings. The van der Waals surface area contributed by atoms with Crippen LogP contribution in [0.5, 0.6) is 0 Å². The number of hydrogen-bond donors (Lipinski definition) is 2. The zero-order chi connectivity index (χ0) is 30.1. The molecule has 2 aliphatic rings. The number of carbonyl (C=O) groups is 5. The number of unbranched alkanes of at least 4 members (excludes halogenated alkanes) is 4. The number of rotatable bonds is 13. The summed E-state index contributed by atoms with van der Waals surface area (Å²) in [5, 5.41) is 6.86. The average Bonchev–Trinajstić information content (AvgIpc) is 3.17. The van der Waals surface area contributed by atoms with Gasteiger partial charge in [-0.1, -0.05) is 52.4 Å². The fraction of sp³-hybridized carbons (Fsp3) is 0.828. The fourth-order valence-electron chi connectivity index (χ4n) is 4.32. The van der Waals surface area contributed by atoms with Gasteiger partial charge in [-0.05, 0) is 53.0 Å². The third-order valence-corrected chi connectivity index (χ3v) is 6.54. The maximum absolute atomic E-state index is 11.7. The molecule has 2 N–H and O–H groups in total. The maximum Gasteiger partial charge on any atom is 0.253 e. The van der Waals surface area contributed by atoms with Gasteiger partial charge in [0.1, 0.15) is 12.6 Å². The SMILES string of the molecule is C=O.CCCCCCCNCC(C)=O.CCCNC(=O)CN1C(C)CCCCC1C.CON1C(=O)CCC1=O. The van der Waals surface area contributed by atoms with Crippen LogP contribution in [0.3, 0.4) is 0 Å². The van der Waals surface area contributed by atoms with Crippen LogP contribution in [0.4, 0.5) is 0 Å². The molecule has 228 valence electrons. The van der Waals surface area contributed by atoms with Crippen molar-refractivity contribution in [1.29, 1.82) is 0 Å². The lowest BCUT2D eigenvalue weighted by molar-refractivity contribution is -0.179. The number of nitrogens with one attached hydrogen (secondary N) is 2. The third-order valence-electron chi connectivity index (χ3n) is 6.54. The quantitative estimate of drug-likeness (QED) is 0.259. The standard InChI is InChI=1S/C13H26N2O.C10H21NO.C5H7NO3.CH2O/c1-4-9-14-13(16)10-15-11(2)7-5-6-8-12(15)3;1-3-4-5-6-7-8-11-9-10(2)12;1-9-6-4(7)2-3-5(6)8;1-2/h11-12H,4-10H2,1-3H3,(H,14,16);11H,3-9H2,1-2H3;2-3H2,1H3;1H2. The normalized spacial score (nSPS) is 19.0. The van der Waals surface area contributed by atoms with Crippen molar-refractivity contribution in [2.24, 2.45) is 0 Å². The second-order valence-electron chi connectivity index (χ2n) is 10.1. The van der Waals surface area contributed by atoms with Crippen LogP contribution in [0.1, 0.15) is 112 Å². The molecule has 0 aliphatic carbocycles. The first-order valence-corrected chi connectivity index (χ1v) is 14.6. The summed E-state index contributed by atoms with van der Waals surface area (Å²) in [6, 6.07) is 1.09. The molecule has 2 unspecified atom stereocenters. The summed E-state index contributed by atoms with van der Waals surface area (Å²) >= 11 is 0. The number of carbonyl (C=O) groups excluding carboxylic acids is 5. The summed E-state index contributed by atoms with van der Waals surface area (Å²) in [6.45, 7) is 15.3. The van der Waals surface area contributed by atoms with Crippen LogP contribution in [0, 0.1) is 0 Å². The molecular formula is C29H56N4O6. The van der Waals surface area contributed by atoms with E-state index in [0.717, 1.165) is 24.6 Å². The maximum atomic E-state index is 11.7. The van der Waals surface area contributed by atoms with E-state index in [0.29, 0.717) is 25.2 Å². The number of likely N-dealkylation sites (tertiary alicyclic amines) is 1. The molecule has 2 atom stereocenters. The highest BCUT2D eigenvalue weighted by Crippen LogP contribution is 2.21. The van der Waals surface area contributed by atoms with Gasteiger partial charge in [0.2, 0.25) is 5.91 Å². The summed E-state index contributed by atoms with van der Waals surface area (Å²) < 4.78 is 0. The first-order valence-electron chi connectivity index (χ1n) is 14.6. The van der Waals surface area contributed by atoms with E-state index in [1.807, 2.05) is 6.79 Å². The zero-order valence-electron chi connectivity index (χ0n) is 25.5. The molecule has 39 heavy (non-hydrogen) atoms. The lowest BCUT2D eigenvalue weighted by Gasteiger charge is -2.31. The minimum absolute atomic E-state index is 0.183. The zero-order valence-corrected chi connectivity index (χ0v) is 25.5. The topological polar surface area (TPSA) is 125 Å². The summed E-state index contributed by atoms with van der Waals surface area (Å²) in [7, 11) is 1.31. The molecule has 0 aromatic rings. The van der Waals surface area contributed by atoms with Gasteiger partial charge in [-0.25, -0.2) is 0 Å². The minimum Gasteiger partial charge on any atom is -0.355 e. The molecule has 2 aliphatic heterocycles. The molecule has 10 heteroatoms. The van der Waals surface area contributed by atoms with Crippen LogP contribution in [0.25, 0.3) is 0 Å². The summed E-state index contributed by atoms with van der Waals surface area (Å²) in [5.41, 5.74) is 0. The second kappa shape index (κ2) is 26.1. The number of ketones is 1. The van der Waals surface area contributed by atoms with Gasteiger partial charge < -0.3 is 15.4 Å². The molecule has 0 radical (unpaired) electrons. The number of Topliss-reactive ketones (excluding diaryl/α,β-unsaturated/α-hetero) is 1. The van der Waals surface area contributed by atoms with Crippen molar-refractivity contribution in [3.8, 4) is 0 Å². The minimum atomic E-state index is -0.248. The van der Waals surface area contributed by atoms with Crippen molar-refractivity contribution in [1.82, 2.24) is 20.6 Å². The van der Waals surface area contributed by atoms with Gasteiger partial charge in [0.05, 0.1) is 20.2 Å². The molecule has 0 spiro atoms. The molecule has 3 amide bonds. The molecule has 10 nitrogen and oxygen atoms in total. The van der Waals surface area contributed by atoms with Crippen LogP contribution >= 0.6 is 0 Å². The van der Waals surface area contributed by atoms with Crippen molar-refractivity contribution in [3.05, 3.63) is 0 Å². The van der Waals surface area contributed by atoms with E-state index in [1.165, 1.54) is 64.9 Å². The van der Waals surface area contributed by atoms with Crippen molar-refractivity contribution < 1.29 is 28.8 Å². The Kier molecular flexibility index (Phi) is 26.1. The second-order valence-corrected chi connectivity index (χ2v) is 10.1. The van der Waals surface area contributed by atoms with Gasteiger partial charge in [0, 0.05) is 31.5 Å². The van der Waals surface area contributed by atoms with Crippen molar-refractivity contribution >= 4 is 30.3 Å². The van der Waals surface area contributed by atoms with E-state index in [4.69, 9.17) is 4.79 Å². The fourth-order valence-corrected chi connectivity index (χ4v) is 4.32. The first kappa shape index (κ1) is 39.0.